The monoisotopic (exact) mass is 208 g/mol. The maximum absolute atomic E-state index is 4.44. The standard InChI is InChI=1S/C11H20N4/c1-2-11-4-3-5-13-15(11)10-14-8-6-12-7-9-14/h3-5,11-12H,2,6-10H2,1H3. The Morgan fingerprint density at radius 3 is 2.93 bits per heavy atom. The highest BCUT2D eigenvalue weighted by atomic mass is 15.5. The summed E-state index contributed by atoms with van der Waals surface area (Å²) in [5.74, 6) is 0. The first-order valence-electron chi connectivity index (χ1n) is 5.80. The third kappa shape index (κ3) is 2.79. The van der Waals surface area contributed by atoms with Crippen molar-refractivity contribution in [2.75, 3.05) is 32.8 Å². The van der Waals surface area contributed by atoms with Gasteiger partial charge in [-0.1, -0.05) is 13.0 Å². The van der Waals surface area contributed by atoms with E-state index in [0.29, 0.717) is 6.04 Å². The number of nitrogens with zero attached hydrogens (tertiary/aromatic N) is 3. The van der Waals surface area contributed by atoms with Crippen LogP contribution in [0, 0.1) is 0 Å². The van der Waals surface area contributed by atoms with Gasteiger partial charge < -0.3 is 5.32 Å². The summed E-state index contributed by atoms with van der Waals surface area (Å²) < 4.78 is 0. The molecule has 0 saturated carbocycles. The molecular weight excluding hydrogens is 188 g/mol. The van der Waals surface area contributed by atoms with Crippen molar-refractivity contribution in [2.24, 2.45) is 5.10 Å². The van der Waals surface area contributed by atoms with Gasteiger partial charge in [-0.15, -0.1) is 0 Å². The SMILES string of the molecule is CCC1C=CC=NN1CN1CCNCC1. The first-order chi connectivity index (χ1) is 7.40. The topological polar surface area (TPSA) is 30.9 Å². The second-order valence-electron chi connectivity index (χ2n) is 4.07. The van der Waals surface area contributed by atoms with E-state index in [2.05, 4.69) is 33.3 Å². The lowest BCUT2D eigenvalue weighted by atomic mass is 10.2. The molecule has 1 atom stereocenters. The van der Waals surface area contributed by atoms with Gasteiger partial charge in [0.1, 0.15) is 0 Å². The predicted octanol–water partition coefficient (Wildman–Crippen LogP) is 0.485. The van der Waals surface area contributed by atoms with Crippen LogP contribution < -0.4 is 5.32 Å². The van der Waals surface area contributed by atoms with Gasteiger partial charge in [0.15, 0.2) is 0 Å². The summed E-state index contributed by atoms with van der Waals surface area (Å²) in [7, 11) is 0. The van der Waals surface area contributed by atoms with Crippen molar-refractivity contribution >= 4 is 6.21 Å². The molecule has 0 spiro atoms. The summed E-state index contributed by atoms with van der Waals surface area (Å²) in [5, 5.41) is 9.99. The van der Waals surface area contributed by atoms with Crippen molar-refractivity contribution in [2.45, 2.75) is 19.4 Å². The smallest absolute Gasteiger partial charge is 0.0887 e. The van der Waals surface area contributed by atoms with Crippen LogP contribution in [0.2, 0.25) is 0 Å². The summed E-state index contributed by atoms with van der Waals surface area (Å²) >= 11 is 0. The van der Waals surface area contributed by atoms with Crippen LogP contribution in [-0.4, -0.2) is 55.0 Å². The molecule has 1 N–H and O–H groups in total. The molecule has 0 aromatic carbocycles. The molecule has 0 aliphatic carbocycles. The fourth-order valence-corrected chi connectivity index (χ4v) is 2.03. The van der Waals surface area contributed by atoms with Gasteiger partial charge in [-0.25, -0.2) is 0 Å². The van der Waals surface area contributed by atoms with Crippen LogP contribution in [0.25, 0.3) is 0 Å². The molecule has 2 heterocycles. The van der Waals surface area contributed by atoms with Crippen LogP contribution in [0.1, 0.15) is 13.3 Å². The molecule has 1 fully saturated rings. The van der Waals surface area contributed by atoms with Crippen LogP contribution in [0.3, 0.4) is 0 Å². The Morgan fingerprint density at radius 1 is 1.40 bits per heavy atom. The van der Waals surface area contributed by atoms with E-state index in [1.165, 1.54) is 0 Å². The molecule has 4 nitrogen and oxygen atoms in total. The maximum Gasteiger partial charge on any atom is 0.0887 e. The van der Waals surface area contributed by atoms with Crippen molar-refractivity contribution in [1.29, 1.82) is 0 Å². The normalized spacial score (nSPS) is 27.3. The Bertz CT molecular complexity index is 243. The molecule has 0 amide bonds. The molecule has 1 unspecified atom stereocenters. The molecular formula is C11H20N4. The van der Waals surface area contributed by atoms with E-state index in [1.54, 1.807) is 0 Å². The third-order valence-electron chi connectivity index (χ3n) is 2.99. The van der Waals surface area contributed by atoms with E-state index in [-0.39, 0.29) is 0 Å². The Balaban J connectivity index is 1.86. The van der Waals surface area contributed by atoms with E-state index in [0.717, 1.165) is 39.3 Å². The van der Waals surface area contributed by atoms with Gasteiger partial charge in [0, 0.05) is 32.4 Å². The van der Waals surface area contributed by atoms with E-state index in [9.17, 15) is 0 Å². The van der Waals surface area contributed by atoms with Crippen LogP contribution in [0.5, 0.6) is 0 Å². The van der Waals surface area contributed by atoms with Crippen molar-refractivity contribution in [3.05, 3.63) is 12.2 Å². The third-order valence-corrected chi connectivity index (χ3v) is 2.99. The molecule has 0 bridgehead atoms. The Labute approximate surface area is 91.6 Å². The first kappa shape index (κ1) is 10.6. The van der Waals surface area contributed by atoms with E-state index < -0.39 is 0 Å². The largest absolute Gasteiger partial charge is 0.314 e. The molecule has 0 aromatic heterocycles. The molecule has 2 aliphatic heterocycles. The minimum absolute atomic E-state index is 0.477. The maximum atomic E-state index is 4.44. The summed E-state index contributed by atoms with van der Waals surface area (Å²) in [6.07, 6.45) is 7.28. The second-order valence-corrected chi connectivity index (χ2v) is 4.07. The van der Waals surface area contributed by atoms with E-state index in [1.807, 2.05) is 12.3 Å². The van der Waals surface area contributed by atoms with Gasteiger partial charge in [0.25, 0.3) is 0 Å². The van der Waals surface area contributed by atoms with Gasteiger partial charge in [-0.2, -0.15) is 5.10 Å². The number of hydrazone groups is 1. The van der Waals surface area contributed by atoms with Gasteiger partial charge in [-0.3, -0.25) is 9.91 Å². The molecule has 84 valence electrons. The van der Waals surface area contributed by atoms with Crippen LogP contribution in [0.4, 0.5) is 0 Å². The molecule has 2 rings (SSSR count). The number of nitrogens with one attached hydrogen (secondary N) is 1. The Hall–Kier alpha value is -0.870. The van der Waals surface area contributed by atoms with Crippen molar-refractivity contribution < 1.29 is 0 Å². The zero-order valence-electron chi connectivity index (χ0n) is 9.39. The second kappa shape index (κ2) is 5.28. The Morgan fingerprint density at radius 2 is 2.20 bits per heavy atom. The van der Waals surface area contributed by atoms with Gasteiger partial charge >= 0.3 is 0 Å². The number of allylic oxidation sites excluding steroid dienone is 1. The van der Waals surface area contributed by atoms with Gasteiger partial charge in [0.05, 0.1) is 12.7 Å². The first-order valence-corrected chi connectivity index (χ1v) is 5.80. The summed E-state index contributed by atoms with van der Waals surface area (Å²) in [5.41, 5.74) is 0. The summed E-state index contributed by atoms with van der Waals surface area (Å²) in [6, 6.07) is 0.477. The number of piperazine rings is 1. The minimum Gasteiger partial charge on any atom is -0.314 e. The average molecular weight is 208 g/mol. The van der Waals surface area contributed by atoms with Crippen LogP contribution >= 0.6 is 0 Å². The highest BCUT2D eigenvalue weighted by Crippen LogP contribution is 2.11. The van der Waals surface area contributed by atoms with Gasteiger partial charge in [0.2, 0.25) is 0 Å². The quantitative estimate of drug-likeness (QED) is 0.732. The lowest BCUT2D eigenvalue weighted by Crippen LogP contribution is -2.49. The molecule has 0 aromatic rings. The van der Waals surface area contributed by atoms with Crippen molar-refractivity contribution in [1.82, 2.24) is 15.2 Å². The summed E-state index contributed by atoms with van der Waals surface area (Å²) in [6.45, 7) is 7.63. The zero-order valence-corrected chi connectivity index (χ0v) is 9.39. The van der Waals surface area contributed by atoms with Crippen LogP contribution in [-0.2, 0) is 0 Å². The molecule has 15 heavy (non-hydrogen) atoms. The lowest BCUT2D eigenvalue weighted by molar-refractivity contribution is 0.0997. The number of hydrogen-bond acceptors (Lipinski definition) is 4. The molecule has 1 saturated heterocycles. The molecule has 2 aliphatic rings. The fourth-order valence-electron chi connectivity index (χ4n) is 2.03. The van der Waals surface area contributed by atoms with E-state index in [4.69, 9.17) is 0 Å². The highest BCUT2D eigenvalue weighted by molar-refractivity contribution is 5.71. The van der Waals surface area contributed by atoms with Crippen molar-refractivity contribution in [3.8, 4) is 0 Å². The Kier molecular flexibility index (Phi) is 3.75. The number of hydrogen-bond donors (Lipinski definition) is 1. The predicted molar refractivity (Wildman–Crippen MR) is 62.9 cm³/mol. The molecule has 0 radical (unpaired) electrons. The lowest BCUT2D eigenvalue weighted by Gasteiger charge is -2.35. The minimum atomic E-state index is 0.477. The van der Waals surface area contributed by atoms with Crippen LogP contribution in [0.15, 0.2) is 17.3 Å². The highest BCUT2D eigenvalue weighted by Gasteiger charge is 2.18. The zero-order chi connectivity index (χ0) is 10.5. The van der Waals surface area contributed by atoms with E-state index >= 15 is 0 Å². The van der Waals surface area contributed by atoms with Gasteiger partial charge in [-0.05, 0) is 12.5 Å². The molecule has 4 heteroatoms. The number of rotatable bonds is 3. The summed E-state index contributed by atoms with van der Waals surface area (Å²) in [4.78, 5) is 2.45. The fraction of sp³-hybridized carbons (Fsp3) is 0.727. The average Bonchev–Trinajstić information content (AvgIpc) is 2.31. The van der Waals surface area contributed by atoms with Crippen molar-refractivity contribution in [3.63, 3.8) is 0 Å².